The fourth-order valence-corrected chi connectivity index (χ4v) is 3.35. The molecule has 1 aromatic carbocycles. The average Bonchev–Trinajstić information content (AvgIpc) is 3.27. The standard InChI is InChI=1S/C19H19ClN4O/c1-25-13-19(7-8-19)18-22-17(15-5-9-21-10-6-15)23-24(18)12-14-3-2-4-16(20)11-14/h2-6,9-11H,7-8,12-13H2,1H3. The second kappa shape index (κ2) is 6.58. The number of hydrogen-bond acceptors (Lipinski definition) is 4. The van der Waals surface area contributed by atoms with Crippen molar-refractivity contribution in [2.24, 2.45) is 0 Å². The first-order valence-electron chi connectivity index (χ1n) is 8.29. The van der Waals surface area contributed by atoms with E-state index in [-0.39, 0.29) is 5.41 Å². The van der Waals surface area contributed by atoms with Gasteiger partial charge in [0, 0.05) is 30.1 Å². The molecule has 1 aliphatic rings. The number of ether oxygens (including phenoxy) is 1. The monoisotopic (exact) mass is 354 g/mol. The Morgan fingerprint density at radius 2 is 2.00 bits per heavy atom. The summed E-state index contributed by atoms with van der Waals surface area (Å²) in [6.07, 6.45) is 5.67. The highest BCUT2D eigenvalue weighted by molar-refractivity contribution is 6.30. The van der Waals surface area contributed by atoms with Crippen molar-refractivity contribution in [3.05, 3.63) is 65.2 Å². The van der Waals surface area contributed by atoms with Crippen molar-refractivity contribution >= 4 is 11.6 Å². The Morgan fingerprint density at radius 3 is 2.68 bits per heavy atom. The minimum Gasteiger partial charge on any atom is -0.384 e. The van der Waals surface area contributed by atoms with Crippen LogP contribution in [0.1, 0.15) is 24.2 Å². The molecule has 2 aromatic heterocycles. The summed E-state index contributed by atoms with van der Waals surface area (Å²) in [5, 5.41) is 5.50. The summed E-state index contributed by atoms with van der Waals surface area (Å²) in [6.45, 7) is 1.30. The van der Waals surface area contributed by atoms with E-state index >= 15 is 0 Å². The van der Waals surface area contributed by atoms with Crippen molar-refractivity contribution in [3.63, 3.8) is 0 Å². The summed E-state index contributed by atoms with van der Waals surface area (Å²) in [6, 6.07) is 11.7. The number of nitrogens with zero attached hydrogens (tertiary/aromatic N) is 4. The molecular weight excluding hydrogens is 336 g/mol. The molecule has 1 aliphatic carbocycles. The van der Waals surface area contributed by atoms with E-state index in [2.05, 4.69) is 11.1 Å². The van der Waals surface area contributed by atoms with Gasteiger partial charge in [-0.25, -0.2) is 9.67 Å². The molecule has 0 spiro atoms. The predicted molar refractivity (Wildman–Crippen MR) is 96.6 cm³/mol. The summed E-state index contributed by atoms with van der Waals surface area (Å²) in [7, 11) is 1.74. The van der Waals surface area contributed by atoms with Gasteiger partial charge in [-0.1, -0.05) is 23.7 Å². The summed E-state index contributed by atoms with van der Waals surface area (Å²) >= 11 is 6.13. The maximum Gasteiger partial charge on any atom is 0.181 e. The van der Waals surface area contributed by atoms with Crippen molar-refractivity contribution in [1.82, 2.24) is 19.7 Å². The maximum absolute atomic E-state index is 6.13. The summed E-state index contributed by atoms with van der Waals surface area (Å²) < 4.78 is 7.44. The number of rotatable bonds is 6. The molecular formula is C19H19ClN4O. The van der Waals surface area contributed by atoms with E-state index in [1.165, 1.54) is 0 Å². The molecule has 25 heavy (non-hydrogen) atoms. The average molecular weight is 355 g/mol. The predicted octanol–water partition coefficient (Wildman–Crippen LogP) is 3.72. The smallest absolute Gasteiger partial charge is 0.181 e. The Balaban J connectivity index is 1.74. The highest BCUT2D eigenvalue weighted by atomic mass is 35.5. The van der Waals surface area contributed by atoms with Gasteiger partial charge in [-0.3, -0.25) is 4.98 Å². The lowest BCUT2D eigenvalue weighted by molar-refractivity contribution is 0.166. The summed E-state index contributed by atoms with van der Waals surface area (Å²) in [5.74, 6) is 1.71. The minimum atomic E-state index is -0.0222. The van der Waals surface area contributed by atoms with Crippen LogP contribution in [0.15, 0.2) is 48.8 Å². The van der Waals surface area contributed by atoms with E-state index in [0.717, 1.165) is 40.6 Å². The Labute approximate surface area is 151 Å². The van der Waals surface area contributed by atoms with Crippen molar-refractivity contribution in [2.75, 3.05) is 13.7 Å². The van der Waals surface area contributed by atoms with Crippen LogP contribution in [-0.4, -0.2) is 33.5 Å². The zero-order chi connectivity index (χ0) is 17.3. The molecule has 1 fully saturated rings. The van der Waals surface area contributed by atoms with E-state index in [1.807, 2.05) is 35.0 Å². The van der Waals surface area contributed by atoms with Crippen LogP contribution in [-0.2, 0) is 16.7 Å². The van der Waals surface area contributed by atoms with Crippen LogP contribution in [0.25, 0.3) is 11.4 Å². The number of aromatic nitrogens is 4. The van der Waals surface area contributed by atoms with Gasteiger partial charge in [0.1, 0.15) is 5.82 Å². The molecule has 1 saturated carbocycles. The molecule has 6 heteroatoms. The number of pyridine rings is 1. The molecule has 0 radical (unpaired) electrons. The molecule has 5 nitrogen and oxygen atoms in total. The van der Waals surface area contributed by atoms with Gasteiger partial charge in [-0.15, -0.1) is 0 Å². The number of methoxy groups -OCH3 is 1. The lowest BCUT2D eigenvalue weighted by atomic mass is 10.1. The fraction of sp³-hybridized carbons (Fsp3) is 0.316. The Bertz CT molecular complexity index is 874. The first-order chi connectivity index (χ1) is 12.2. The van der Waals surface area contributed by atoms with Crippen LogP contribution in [0.5, 0.6) is 0 Å². The summed E-state index contributed by atoms with van der Waals surface area (Å²) in [5.41, 5.74) is 2.05. The van der Waals surface area contributed by atoms with Gasteiger partial charge in [0.2, 0.25) is 0 Å². The molecule has 0 amide bonds. The normalized spacial score (nSPS) is 15.3. The van der Waals surface area contributed by atoms with Crippen molar-refractivity contribution in [1.29, 1.82) is 0 Å². The number of benzene rings is 1. The second-order valence-corrected chi connectivity index (χ2v) is 6.93. The van der Waals surface area contributed by atoms with Crippen molar-refractivity contribution in [3.8, 4) is 11.4 Å². The third-order valence-electron chi connectivity index (χ3n) is 4.58. The minimum absolute atomic E-state index is 0.0222. The largest absolute Gasteiger partial charge is 0.384 e. The quantitative estimate of drug-likeness (QED) is 0.677. The van der Waals surface area contributed by atoms with Crippen LogP contribution in [0.4, 0.5) is 0 Å². The molecule has 2 heterocycles. The van der Waals surface area contributed by atoms with E-state index in [1.54, 1.807) is 19.5 Å². The van der Waals surface area contributed by atoms with E-state index in [9.17, 15) is 0 Å². The van der Waals surface area contributed by atoms with Crippen molar-refractivity contribution in [2.45, 2.75) is 24.8 Å². The van der Waals surface area contributed by atoms with E-state index in [4.69, 9.17) is 26.4 Å². The molecule has 0 N–H and O–H groups in total. The van der Waals surface area contributed by atoms with Crippen LogP contribution >= 0.6 is 11.6 Å². The van der Waals surface area contributed by atoms with Gasteiger partial charge in [0.05, 0.1) is 18.6 Å². The highest BCUT2D eigenvalue weighted by Crippen LogP contribution is 2.48. The molecule has 0 aliphatic heterocycles. The Hall–Kier alpha value is -2.24. The molecule has 128 valence electrons. The molecule has 4 rings (SSSR count). The molecule has 0 atom stereocenters. The maximum atomic E-state index is 6.13. The lowest BCUT2D eigenvalue weighted by Crippen LogP contribution is -2.21. The third-order valence-corrected chi connectivity index (χ3v) is 4.82. The SMILES string of the molecule is COCC1(c2nc(-c3ccncc3)nn2Cc2cccc(Cl)c2)CC1. The Morgan fingerprint density at radius 1 is 1.20 bits per heavy atom. The first-order valence-corrected chi connectivity index (χ1v) is 8.67. The number of hydrogen-bond donors (Lipinski definition) is 0. The second-order valence-electron chi connectivity index (χ2n) is 6.50. The third kappa shape index (κ3) is 3.30. The van der Waals surface area contributed by atoms with Gasteiger partial charge < -0.3 is 4.74 Å². The zero-order valence-corrected chi connectivity index (χ0v) is 14.8. The molecule has 0 unspecified atom stereocenters. The molecule has 0 saturated heterocycles. The first kappa shape index (κ1) is 16.2. The fourth-order valence-electron chi connectivity index (χ4n) is 3.14. The highest BCUT2D eigenvalue weighted by Gasteiger charge is 2.48. The van der Waals surface area contributed by atoms with Crippen LogP contribution in [0.3, 0.4) is 0 Å². The van der Waals surface area contributed by atoms with Gasteiger partial charge >= 0.3 is 0 Å². The topological polar surface area (TPSA) is 52.8 Å². The Kier molecular flexibility index (Phi) is 4.27. The van der Waals surface area contributed by atoms with Crippen LogP contribution in [0.2, 0.25) is 5.02 Å². The van der Waals surface area contributed by atoms with Gasteiger partial charge in [0.15, 0.2) is 5.82 Å². The summed E-state index contributed by atoms with van der Waals surface area (Å²) in [4.78, 5) is 8.93. The van der Waals surface area contributed by atoms with Crippen LogP contribution < -0.4 is 0 Å². The molecule has 3 aromatic rings. The van der Waals surface area contributed by atoms with Gasteiger partial charge in [-0.2, -0.15) is 5.10 Å². The van der Waals surface area contributed by atoms with Crippen molar-refractivity contribution < 1.29 is 4.74 Å². The number of halogens is 1. The zero-order valence-electron chi connectivity index (χ0n) is 14.0. The lowest BCUT2D eigenvalue weighted by Gasteiger charge is -2.14. The van der Waals surface area contributed by atoms with E-state index in [0.29, 0.717) is 13.2 Å². The van der Waals surface area contributed by atoms with Crippen LogP contribution in [0, 0.1) is 0 Å². The molecule has 0 bridgehead atoms. The van der Waals surface area contributed by atoms with E-state index < -0.39 is 0 Å². The van der Waals surface area contributed by atoms with Gasteiger partial charge in [-0.05, 0) is 42.7 Å². The van der Waals surface area contributed by atoms with Gasteiger partial charge in [0.25, 0.3) is 0 Å².